The Bertz CT molecular complexity index is 1270. The highest BCUT2D eigenvalue weighted by molar-refractivity contribution is 6.51. The molecule has 3 aromatic heterocycles. The average Bonchev–Trinajstić information content (AvgIpc) is 3.42. The Morgan fingerprint density at radius 3 is 2.59 bits per heavy atom. The molecule has 1 saturated heterocycles. The van der Waals surface area contributed by atoms with Crippen LogP contribution in [0.2, 0.25) is 0 Å². The molecule has 0 aromatic carbocycles. The lowest BCUT2D eigenvalue weighted by Crippen LogP contribution is -2.30. The van der Waals surface area contributed by atoms with E-state index in [9.17, 15) is 19.5 Å². The standard InChI is InChI=1S/C22H21N5O5/c1-10-9-14(26-32-10)27-18(13-7-5-6-8-24-13)16(20(29)22(27)31)19(28)15-11(2)17(21(30)23-4)25-12(15)3/h5-9,18,25,28H,1-4H3,(H,23,30)/b19-16+. The number of H-pyrrole nitrogens is 1. The number of amides is 2. The van der Waals surface area contributed by atoms with Gasteiger partial charge in [0.1, 0.15) is 23.3 Å². The number of aryl methyl sites for hydroxylation is 2. The van der Waals surface area contributed by atoms with E-state index < -0.39 is 23.5 Å². The number of aromatic amines is 1. The van der Waals surface area contributed by atoms with Crippen molar-refractivity contribution >= 4 is 29.2 Å². The molecule has 1 aliphatic heterocycles. The molecule has 0 saturated carbocycles. The van der Waals surface area contributed by atoms with Gasteiger partial charge < -0.3 is 19.9 Å². The van der Waals surface area contributed by atoms with E-state index in [4.69, 9.17) is 4.52 Å². The fourth-order valence-corrected chi connectivity index (χ4v) is 3.95. The van der Waals surface area contributed by atoms with Gasteiger partial charge in [0.25, 0.3) is 11.7 Å². The number of aliphatic hydroxyl groups excluding tert-OH is 1. The van der Waals surface area contributed by atoms with Crippen molar-refractivity contribution in [1.29, 1.82) is 0 Å². The molecule has 3 aromatic rings. The molecule has 0 radical (unpaired) electrons. The third kappa shape index (κ3) is 3.16. The minimum absolute atomic E-state index is 0.132. The molecule has 32 heavy (non-hydrogen) atoms. The number of nitrogens with zero attached hydrogens (tertiary/aromatic N) is 3. The number of nitrogens with one attached hydrogen (secondary N) is 2. The summed E-state index contributed by atoms with van der Waals surface area (Å²) in [6.07, 6.45) is 1.53. The number of carbonyl (C=O) groups excluding carboxylic acids is 3. The summed E-state index contributed by atoms with van der Waals surface area (Å²) in [4.78, 5) is 46.7. The molecule has 1 fully saturated rings. The maximum absolute atomic E-state index is 13.1. The summed E-state index contributed by atoms with van der Waals surface area (Å²) >= 11 is 0. The van der Waals surface area contributed by atoms with Crippen molar-refractivity contribution in [2.45, 2.75) is 26.8 Å². The van der Waals surface area contributed by atoms with Crippen LogP contribution in [0.3, 0.4) is 0 Å². The molecule has 0 aliphatic carbocycles. The van der Waals surface area contributed by atoms with Gasteiger partial charge >= 0.3 is 5.91 Å². The van der Waals surface area contributed by atoms with E-state index in [1.54, 1.807) is 39.0 Å². The first-order valence-corrected chi connectivity index (χ1v) is 9.83. The van der Waals surface area contributed by atoms with E-state index in [-0.39, 0.29) is 28.6 Å². The van der Waals surface area contributed by atoms with Crippen LogP contribution in [0.1, 0.15) is 44.8 Å². The van der Waals surface area contributed by atoms with E-state index in [0.717, 1.165) is 4.90 Å². The van der Waals surface area contributed by atoms with Crippen molar-refractivity contribution in [2.75, 3.05) is 11.9 Å². The molecule has 1 unspecified atom stereocenters. The van der Waals surface area contributed by atoms with Crippen LogP contribution in [0, 0.1) is 20.8 Å². The molecule has 0 bridgehead atoms. The number of rotatable bonds is 4. The Morgan fingerprint density at radius 1 is 1.25 bits per heavy atom. The van der Waals surface area contributed by atoms with E-state index >= 15 is 0 Å². The fourth-order valence-electron chi connectivity index (χ4n) is 3.95. The minimum atomic E-state index is -1.03. The zero-order chi connectivity index (χ0) is 23.2. The van der Waals surface area contributed by atoms with E-state index in [2.05, 4.69) is 20.4 Å². The number of aromatic nitrogens is 3. The lowest BCUT2D eigenvalue weighted by Gasteiger charge is -2.21. The second kappa shape index (κ2) is 7.80. The predicted octanol–water partition coefficient (Wildman–Crippen LogP) is 2.31. The quantitative estimate of drug-likeness (QED) is 0.324. The monoisotopic (exact) mass is 435 g/mol. The molecule has 4 rings (SSSR count). The van der Waals surface area contributed by atoms with Gasteiger partial charge in [0, 0.05) is 30.6 Å². The number of pyridine rings is 1. The summed E-state index contributed by atoms with van der Waals surface area (Å²) in [5.41, 5.74) is 1.67. The SMILES string of the molecule is CNC(=O)c1[nH]c(C)c(/C(O)=C2\C(=O)C(=O)N(c3cc(C)on3)C2c2ccccn2)c1C. The Balaban J connectivity index is 1.97. The van der Waals surface area contributed by atoms with Crippen LogP contribution in [-0.4, -0.2) is 44.9 Å². The largest absolute Gasteiger partial charge is 0.507 e. The third-order valence-corrected chi connectivity index (χ3v) is 5.40. The second-order valence-corrected chi connectivity index (χ2v) is 7.42. The molecule has 0 spiro atoms. The molecule has 10 heteroatoms. The van der Waals surface area contributed by atoms with Crippen LogP contribution >= 0.6 is 0 Å². The summed E-state index contributed by atoms with van der Waals surface area (Å²) in [7, 11) is 1.49. The molecule has 3 N–H and O–H groups in total. The van der Waals surface area contributed by atoms with Crippen LogP contribution in [0.25, 0.3) is 5.76 Å². The second-order valence-electron chi connectivity index (χ2n) is 7.42. The van der Waals surface area contributed by atoms with E-state index in [0.29, 0.717) is 22.7 Å². The third-order valence-electron chi connectivity index (χ3n) is 5.40. The van der Waals surface area contributed by atoms with Crippen LogP contribution in [0.4, 0.5) is 5.82 Å². The van der Waals surface area contributed by atoms with Crippen molar-refractivity contribution in [3.05, 3.63) is 70.0 Å². The highest BCUT2D eigenvalue weighted by Crippen LogP contribution is 2.42. The molecule has 10 nitrogen and oxygen atoms in total. The van der Waals surface area contributed by atoms with Gasteiger partial charge in [0.15, 0.2) is 5.82 Å². The number of hydrogen-bond acceptors (Lipinski definition) is 7. The molecule has 164 valence electrons. The molecule has 4 heterocycles. The molecule has 1 atom stereocenters. The van der Waals surface area contributed by atoms with Crippen LogP contribution in [0.15, 0.2) is 40.6 Å². The first kappa shape index (κ1) is 21.0. The van der Waals surface area contributed by atoms with Gasteiger partial charge in [-0.2, -0.15) is 0 Å². The summed E-state index contributed by atoms with van der Waals surface area (Å²) in [5.74, 6) is -1.94. The number of hydrogen-bond donors (Lipinski definition) is 3. The normalized spacial score (nSPS) is 17.8. The molecule has 2 amide bonds. The first-order chi connectivity index (χ1) is 15.3. The summed E-state index contributed by atoms with van der Waals surface area (Å²) in [5, 5.41) is 17.7. The van der Waals surface area contributed by atoms with Gasteiger partial charge in [-0.25, -0.2) is 0 Å². The minimum Gasteiger partial charge on any atom is -0.507 e. The molecule has 1 aliphatic rings. The van der Waals surface area contributed by atoms with Crippen molar-refractivity contribution in [3.63, 3.8) is 0 Å². The zero-order valence-electron chi connectivity index (χ0n) is 17.9. The topological polar surface area (TPSA) is 141 Å². The van der Waals surface area contributed by atoms with Crippen molar-refractivity contribution in [1.82, 2.24) is 20.4 Å². The highest BCUT2D eigenvalue weighted by atomic mass is 16.5. The fraction of sp³-hybridized carbons (Fsp3) is 0.227. The lowest BCUT2D eigenvalue weighted by molar-refractivity contribution is -0.132. The summed E-state index contributed by atoms with van der Waals surface area (Å²) in [6.45, 7) is 4.98. The Labute approximate surface area is 182 Å². The Kier molecular flexibility index (Phi) is 5.13. The van der Waals surface area contributed by atoms with Crippen LogP contribution in [0.5, 0.6) is 0 Å². The van der Waals surface area contributed by atoms with Crippen molar-refractivity contribution in [3.8, 4) is 0 Å². The number of ketones is 1. The van der Waals surface area contributed by atoms with Gasteiger partial charge in [-0.1, -0.05) is 11.2 Å². The van der Waals surface area contributed by atoms with E-state index in [1.165, 1.54) is 19.3 Å². The maximum Gasteiger partial charge on any atom is 0.301 e. The first-order valence-electron chi connectivity index (χ1n) is 9.83. The maximum atomic E-state index is 13.1. The van der Waals surface area contributed by atoms with Gasteiger partial charge in [0.05, 0.1) is 11.3 Å². The smallest absolute Gasteiger partial charge is 0.301 e. The predicted molar refractivity (Wildman–Crippen MR) is 114 cm³/mol. The van der Waals surface area contributed by atoms with E-state index in [1.807, 2.05) is 0 Å². The summed E-state index contributed by atoms with van der Waals surface area (Å²) < 4.78 is 5.10. The molecular formula is C22H21N5O5. The number of carbonyl (C=O) groups is 3. The van der Waals surface area contributed by atoms with Crippen LogP contribution < -0.4 is 10.2 Å². The number of aliphatic hydroxyl groups is 1. The highest BCUT2D eigenvalue weighted by Gasteiger charge is 2.49. The van der Waals surface area contributed by atoms with Gasteiger partial charge in [-0.05, 0) is 38.5 Å². The summed E-state index contributed by atoms with van der Waals surface area (Å²) in [6, 6.07) is 5.56. The van der Waals surface area contributed by atoms with Crippen molar-refractivity contribution < 1.29 is 24.0 Å². The van der Waals surface area contributed by atoms with Crippen molar-refractivity contribution in [2.24, 2.45) is 0 Å². The average molecular weight is 435 g/mol. The number of Topliss-reactive ketones (excluding diaryl/α,β-unsaturated/α-hetero) is 1. The van der Waals surface area contributed by atoms with Gasteiger partial charge in [0.2, 0.25) is 0 Å². The number of anilines is 1. The lowest BCUT2D eigenvalue weighted by atomic mass is 9.96. The Morgan fingerprint density at radius 2 is 2.00 bits per heavy atom. The zero-order valence-corrected chi connectivity index (χ0v) is 17.9. The van der Waals surface area contributed by atoms with Gasteiger partial charge in [-0.15, -0.1) is 0 Å². The Hall–Kier alpha value is -4.21. The molecular weight excluding hydrogens is 414 g/mol. The van der Waals surface area contributed by atoms with Gasteiger partial charge in [-0.3, -0.25) is 24.3 Å². The van der Waals surface area contributed by atoms with Crippen LogP contribution in [-0.2, 0) is 9.59 Å².